The highest BCUT2D eigenvalue weighted by Crippen LogP contribution is 2.49. The molecule has 2 aliphatic heterocycles. The SMILES string of the molecule is Cc1cc(C)c(-c2ccc3c(c2)c2cc(-c4c(C)cc(C)cc4C)cc4c5cc6c(cc5n3c24)Oc2cccc3c2B6c2cc4c5cc(-c6c(C)cc(C)cc6C)cc6c7cc(-c8c(C)cc(C)cc8C)ccc7n(c4cc2O3)c65)c(C)c1. The first kappa shape index (κ1) is 48.4. The summed E-state index contributed by atoms with van der Waals surface area (Å²) in [5, 5.41) is 9.99. The van der Waals surface area contributed by atoms with Crippen LogP contribution in [0.4, 0.5) is 0 Å². The fourth-order valence-electron chi connectivity index (χ4n) is 16.7. The van der Waals surface area contributed by atoms with Gasteiger partial charge in [-0.1, -0.05) is 101 Å². The largest absolute Gasteiger partial charge is 0.458 e. The molecule has 0 bridgehead atoms. The summed E-state index contributed by atoms with van der Waals surface area (Å²) in [4.78, 5) is 0. The Morgan fingerprint density at radius 1 is 0.277 bits per heavy atom. The van der Waals surface area contributed by atoms with E-state index in [1.807, 2.05) is 0 Å². The molecule has 4 aromatic heterocycles. The Morgan fingerprint density at radius 3 is 0.916 bits per heavy atom. The van der Waals surface area contributed by atoms with E-state index >= 15 is 0 Å². The lowest BCUT2D eigenvalue weighted by Gasteiger charge is -2.33. The molecule has 0 aliphatic carbocycles. The van der Waals surface area contributed by atoms with Gasteiger partial charge in [0.05, 0.1) is 33.1 Å². The highest BCUT2D eigenvalue weighted by Gasteiger charge is 2.42. The predicted molar refractivity (Wildman–Crippen MR) is 352 cm³/mol. The number of fused-ring (bicyclic) bond motifs is 16. The van der Waals surface area contributed by atoms with Gasteiger partial charge in [-0.3, -0.25) is 0 Å². The number of aryl methyl sites for hydroxylation is 12. The quantitative estimate of drug-likeness (QED) is 0.164. The van der Waals surface area contributed by atoms with Gasteiger partial charge in [0, 0.05) is 60.7 Å². The molecule has 398 valence electrons. The molecule has 4 nitrogen and oxygen atoms in total. The van der Waals surface area contributed by atoms with E-state index < -0.39 is 0 Å². The van der Waals surface area contributed by atoms with Crippen LogP contribution in [0.3, 0.4) is 0 Å². The molecule has 0 saturated heterocycles. The fraction of sp³-hybridized carbons (Fsp3) is 0.154. The molecule has 15 aromatic rings. The molecule has 0 atom stereocenters. The number of nitrogens with zero attached hydrogens (tertiary/aromatic N) is 2. The third-order valence-electron chi connectivity index (χ3n) is 19.3. The van der Waals surface area contributed by atoms with Crippen molar-refractivity contribution in [1.29, 1.82) is 0 Å². The molecule has 2 aliphatic rings. The second-order valence-corrected chi connectivity index (χ2v) is 25.2. The van der Waals surface area contributed by atoms with Gasteiger partial charge in [-0.2, -0.15) is 0 Å². The van der Waals surface area contributed by atoms with Crippen LogP contribution in [0.1, 0.15) is 66.8 Å². The Bertz CT molecular complexity index is 5050. The van der Waals surface area contributed by atoms with E-state index in [1.54, 1.807) is 0 Å². The summed E-state index contributed by atoms with van der Waals surface area (Å²) >= 11 is 0. The summed E-state index contributed by atoms with van der Waals surface area (Å²) in [5.41, 5.74) is 36.3. The monoisotopic (exact) mass is 1070 g/mol. The summed E-state index contributed by atoms with van der Waals surface area (Å²) in [7, 11) is 0. The first-order chi connectivity index (χ1) is 40.0. The number of hydrogen-bond donors (Lipinski definition) is 0. The number of aromatic nitrogens is 2. The van der Waals surface area contributed by atoms with Crippen molar-refractivity contribution < 1.29 is 9.47 Å². The Labute approximate surface area is 483 Å². The van der Waals surface area contributed by atoms with Crippen LogP contribution in [-0.2, 0) is 0 Å². The highest BCUT2D eigenvalue weighted by atomic mass is 16.5. The Morgan fingerprint density at radius 2 is 0.578 bits per heavy atom. The molecule has 5 heteroatoms. The van der Waals surface area contributed by atoms with E-state index in [0.29, 0.717) is 0 Å². The van der Waals surface area contributed by atoms with Gasteiger partial charge >= 0.3 is 0 Å². The fourth-order valence-corrected chi connectivity index (χ4v) is 16.7. The lowest BCUT2D eigenvalue weighted by molar-refractivity contribution is 0.465. The van der Waals surface area contributed by atoms with Crippen LogP contribution in [0.5, 0.6) is 23.0 Å². The third kappa shape index (κ3) is 6.59. The number of hydrogen-bond acceptors (Lipinski definition) is 2. The molecular formula is C78H61BN2O2. The maximum atomic E-state index is 7.18. The summed E-state index contributed by atoms with van der Waals surface area (Å²) in [5.74, 6) is 3.44. The van der Waals surface area contributed by atoms with E-state index in [-0.39, 0.29) is 6.71 Å². The van der Waals surface area contributed by atoms with Crippen LogP contribution in [0.2, 0.25) is 0 Å². The first-order valence-corrected chi connectivity index (χ1v) is 29.5. The normalized spacial score (nSPS) is 13.0. The minimum atomic E-state index is -0.148. The van der Waals surface area contributed by atoms with Crippen LogP contribution in [-0.4, -0.2) is 15.5 Å². The van der Waals surface area contributed by atoms with Gasteiger partial charge in [0.2, 0.25) is 0 Å². The van der Waals surface area contributed by atoms with E-state index in [1.165, 1.54) is 176 Å². The second-order valence-electron chi connectivity index (χ2n) is 25.2. The zero-order valence-electron chi connectivity index (χ0n) is 49.2. The van der Waals surface area contributed by atoms with Crippen molar-refractivity contribution in [3.05, 3.63) is 218 Å². The van der Waals surface area contributed by atoms with Crippen LogP contribution in [0, 0.1) is 83.1 Å². The Balaban J connectivity index is 0.932. The van der Waals surface area contributed by atoms with Gasteiger partial charge in [0.1, 0.15) is 23.0 Å². The molecule has 17 rings (SSSR count). The van der Waals surface area contributed by atoms with Crippen molar-refractivity contribution in [1.82, 2.24) is 8.80 Å². The molecule has 83 heavy (non-hydrogen) atoms. The minimum absolute atomic E-state index is 0.148. The predicted octanol–water partition coefficient (Wildman–Crippen LogP) is 19.1. The van der Waals surface area contributed by atoms with Crippen molar-refractivity contribution in [2.45, 2.75) is 83.1 Å². The molecular weight excluding hydrogens is 1010 g/mol. The molecule has 0 radical (unpaired) electrons. The molecule has 0 N–H and O–H groups in total. The van der Waals surface area contributed by atoms with Gasteiger partial charge < -0.3 is 18.3 Å². The number of rotatable bonds is 4. The first-order valence-electron chi connectivity index (χ1n) is 29.5. The van der Waals surface area contributed by atoms with E-state index in [9.17, 15) is 0 Å². The molecule has 6 heterocycles. The smallest absolute Gasteiger partial charge is 0.260 e. The van der Waals surface area contributed by atoms with Gasteiger partial charge in [0.15, 0.2) is 0 Å². The number of benzene rings is 11. The molecule has 0 saturated carbocycles. The highest BCUT2D eigenvalue weighted by molar-refractivity contribution is 6.98. The second kappa shape index (κ2) is 16.7. The van der Waals surface area contributed by atoms with Crippen LogP contribution < -0.4 is 25.9 Å². The maximum absolute atomic E-state index is 7.18. The Kier molecular flexibility index (Phi) is 9.72. The summed E-state index contributed by atoms with van der Waals surface area (Å²) in [6.07, 6.45) is 0. The number of ether oxygens (including phenoxy) is 2. The van der Waals surface area contributed by atoms with Crippen molar-refractivity contribution in [2.24, 2.45) is 0 Å². The Hall–Kier alpha value is -9.32. The zero-order valence-corrected chi connectivity index (χ0v) is 49.2. The lowest BCUT2D eigenvalue weighted by Crippen LogP contribution is -2.57. The summed E-state index contributed by atoms with van der Waals surface area (Å²) in [6, 6.07) is 58.8. The lowest BCUT2D eigenvalue weighted by atomic mass is 9.34. The van der Waals surface area contributed by atoms with Crippen LogP contribution in [0.25, 0.3) is 121 Å². The van der Waals surface area contributed by atoms with Gasteiger partial charge in [-0.25, -0.2) is 0 Å². The molecule has 0 fully saturated rings. The molecule has 0 unspecified atom stereocenters. The average Bonchev–Trinajstić information content (AvgIpc) is 1.94. The van der Waals surface area contributed by atoms with Crippen molar-refractivity contribution >= 4 is 99.3 Å². The topological polar surface area (TPSA) is 27.3 Å². The summed E-state index contributed by atoms with van der Waals surface area (Å²) in [6.45, 7) is 26.8. The van der Waals surface area contributed by atoms with Gasteiger partial charge in [0.25, 0.3) is 6.71 Å². The van der Waals surface area contributed by atoms with E-state index in [4.69, 9.17) is 9.47 Å². The maximum Gasteiger partial charge on any atom is 0.260 e. The van der Waals surface area contributed by atoms with Gasteiger partial charge in [-0.05, 0) is 244 Å². The summed E-state index contributed by atoms with van der Waals surface area (Å²) < 4.78 is 19.4. The zero-order chi connectivity index (χ0) is 56.5. The minimum Gasteiger partial charge on any atom is -0.458 e. The molecule has 11 aromatic carbocycles. The third-order valence-corrected chi connectivity index (χ3v) is 19.3. The van der Waals surface area contributed by atoms with Crippen LogP contribution >= 0.6 is 0 Å². The van der Waals surface area contributed by atoms with E-state index in [2.05, 4.69) is 244 Å². The molecule has 0 amide bonds. The van der Waals surface area contributed by atoms with Crippen LogP contribution in [0.15, 0.2) is 152 Å². The average molecular weight is 1070 g/mol. The van der Waals surface area contributed by atoms with Crippen molar-refractivity contribution in [2.75, 3.05) is 0 Å². The van der Waals surface area contributed by atoms with Crippen molar-refractivity contribution in [3.63, 3.8) is 0 Å². The molecule has 0 spiro atoms. The van der Waals surface area contributed by atoms with Gasteiger partial charge in [-0.15, -0.1) is 0 Å². The standard InChI is InChI=1S/C78H61BN2O2/c1-38-20-42(5)72(43(6)21-38)50-16-18-64-54(28-50)58-30-52(74-46(9)24-40(3)25-47(74)10)32-60-56-34-62-70(36-66(56)80(64)77(58)60)82-68-14-13-15-69-76(68)79(62)63-35-57-61-33-53(75-48(11)26-41(4)27-49(75)12)31-59-55-29-51(73-44(7)22-39(2)23-45(73)8)17-19-65(55)81(78(59)61)67(57)37-71(63)83-69/h13-37H,1-12H3. The van der Waals surface area contributed by atoms with E-state index in [0.717, 1.165) is 50.4 Å². The van der Waals surface area contributed by atoms with Crippen molar-refractivity contribution in [3.8, 4) is 67.5 Å².